The minimum atomic E-state index is -0.489. The lowest BCUT2D eigenvalue weighted by atomic mass is 10.2. The summed E-state index contributed by atoms with van der Waals surface area (Å²) < 4.78 is 42.1. The fraction of sp³-hybridized carbons (Fsp3) is 0.889. The lowest BCUT2D eigenvalue weighted by molar-refractivity contribution is -0.204. The van der Waals surface area contributed by atoms with E-state index in [0.717, 1.165) is 77.8 Å². The summed E-state index contributed by atoms with van der Waals surface area (Å²) in [5, 5.41) is 0. The maximum Gasteiger partial charge on any atom is 0.180 e. The molecule has 0 aliphatic carbocycles. The SMILES string of the molecule is CCCCCOC(CCC=CC(OCC)OC(C=CCCC(OCCCCC)OCCCCC)OCC)OCCCCC. The maximum atomic E-state index is 6.17. The topological polar surface area (TPSA) is 64.6 Å². The van der Waals surface area contributed by atoms with Crippen molar-refractivity contribution in [1.29, 1.82) is 0 Å². The standard InChI is InChI=1S/C36H70O7/c1-7-13-21-29-39-33(40-30-22-14-8-2)25-17-19-27-35(37-11-5)43-36(38-12-6)28-20-18-26-34(41-31-23-15-9-3)42-32-24-16-10-4/h19-20,27-28,33-36H,7-18,21-26,29-32H2,1-6H3. The van der Waals surface area contributed by atoms with Gasteiger partial charge in [-0.2, -0.15) is 0 Å². The quantitative estimate of drug-likeness (QED) is 0.0406. The van der Waals surface area contributed by atoms with Crippen molar-refractivity contribution in [1.82, 2.24) is 0 Å². The van der Waals surface area contributed by atoms with Crippen molar-refractivity contribution in [2.24, 2.45) is 0 Å². The maximum absolute atomic E-state index is 6.17. The molecule has 2 atom stereocenters. The van der Waals surface area contributed by atoms with Crippen LogP contribution in [-0.4, -0.2) is 64.8 Å². The Labute approximate surface area is 266 Å². The zero-order valence-corrected chi connectivity index (χ0v) is 29.0. The van der Waals surface area contributed by atoms with Gasteiger partial charge in [0.25, 0.3) is 0 Å². The first-order chi connectivity index (χ1) is 21.1. The summed E-state index contributed by atoms with van der Waals surface area (Å²) in [5.74, 6) is 0. The van der Waals surface area contributed by atoms with E-state index >= 15 is 0 Å². The fourth-order valence-electron chi connectivity index (χ4n) is 4.32. The van der Waals surface area contributed by atoms with E-state index in [1.165, 1.54) is 51.4 Å². The molecule has 0 radical (unpaired) electrons. The van der Waals surface area contributed by atoms with Gasteiger partial charge >= 0.3 is 0 Å². The highest BCUT2D eigenvalue weighted by Gasteiger charge is 2.14. The van der Waals surface area contributed by atoms with E-state index in [1.807, 2.05) is 26.0 Å². The van der Waals surface area contributed by atoms with Crippen LogP contribution in [0.3, 0.4) is 0 Å². The highest BCUT2D eigenvalue weighted by Crippen LogP contribution is 2.13. The molecular weight excluding hydrogens is 544 g/mol. The Kier molecular flexibility index (Phi) is 33.4. The zero-order chi connectivity index (χ0) is 31.6. The van der Waals surface area contributed by atoms with Crippen LogP contribution >= 0.6 is 0 Å². The van der Waals surface area contributed by atoms with Gasteiger partial charge < -0.3 is 33.2 Å². The van der Waals surface area contributed by atoms with E-state index in [4.69, 9.17) is 33.2 Å². The third-order valence-corrected chi connectivity index (χ3v) is 6.86. The average molecular weight is 615 g/mol. The molecular formula is C36H70O7. The third kappa shape index (κ3) is 28.4. The number of rotatable bonds is 34. The van der Waals surface area contributed by atoms with Crippen LogP contribution in [0, 0.1) is 0 Å². The zero-order valence-electron chi connectivity index (χ0n) is 29.0. The van der Waals surface area contributed by atoms with Crippen LogP contribution in [0.1, 0.15) is 144 Å². The highest BCUT2D eigenvalue weighted by atomic mass is 16.8. The Morgan fingerprint density at radius 3 is 1.02 bits per heavy atom. The molecule has 0 bridgehead atoms. The summed E-state index contributed by atoms with van der Waals surface area (Å²) in [4.78, 5) is 0. The molecule has 256 valence electrons. The minimum Gasteiger partial charge on any atom is -0.353 e. The largest absolute Gasteiger partial charge is 0.353 e. The Morgan fingerprint density at radius 2 is 0.744 bits per heavy atom. The van der Waals surface area contributed by atoms with E-state index in [-0.39, 0.29) is 12.6 Å². The van der Waals surface area contributed by atoms with Crippen molar-refractivity contribution < 1.29 is 33.2 Å². The van der Waals surface area contributed by atoms with Crippen molar-refractivity contribution in [3.05, 3.63) is 24.3 Å². The van der Waals surface area contributed by atoms with Crippen molar-refractivity contribution in [2.45, 2.75) is 169 Å². The molecule has 0 heterocycles. The van der Waals surface area contributed by atoms with Crippen molar-refractivity contribution in [3.63, 3.8) is 0 Å². The van der Waals surface area contributed by atoms with Crippen molar-refractivity contribution >= 4 is 0 Å². The summed E-state index contributed by atoms with van der Waals surface area (Å²) in [6.45, 7) is 16.9. The molecule has 7 heteroatoms. The van der Waals surface area contributed by atoms with Gasteiger partial charge in [0.1, 0.15) is 0 Å². The Balaban J connectivity index is 4.86. The van der Waals surface area contributed by atoms with Gasteiger partial charge in [0.05, 0.1) is 0 Å². The molecule has 0 aliphatic rings. The second kappa shape index (κ2) is 34.1. The molecule has 0 spiro atoms. The van der Waals surface area contributed by atoms with E-state index in [1.54, 1.807) is 0 Å². The lowest BCUT2D eigenvalue weighted by Gasteiger charge is -2.21. The highest BCUT2D eigenvalue weighted by molar-refractivity contribution is 4.90. The number of unbranched alkanes of at least 4 members (excludes halogenated alkanes) is 8. The smallest absolute Gasteiger partial charge is 0.180 e. The van der Waals surface area contributed by atoms with Crippen LogP contribution in [0.4, 0.5) is 0 Å². The van der Waals surface area contributed by atoms with Gasteiger partial charge in [-0.05, 0) is 64.5 Å². The number of hydrogen-bond donors (Lipinski definition) is 0. The normalized spacial score (nSPS) is 13.8. The van der Waals surface area contributed by atoms with E-state index in [9.17, 15) is 0 Å². The van der Waals surface area contributed by atoms with Crippen molar-refractivity contribution in [2.75, 3.05) is 39.6 Å². The fourth-order valence-corrected chi connectivity index (χ4v) is 4.32. The van der Waals surface area contributed by atoms with Crippen LogP contribution in [0.5, 0.6) is 0 Å². The Bertz CT molecular complexity index is 524. The first-order valence-electron chi connectivity index (χ1n) is 17.8. The van der Waals surface area contributed by atoms with Crippen LogP contribution in [0.2, 0.25) is 0 Å². The molecule has 0 rings (SSSR count). The molecule has 0 aliphatic heterocycles. The monoisotopic (exact) mass is 615 g/mol. The molecule has 0 fully saturated rings. The first-order valence-corrected chi connectivity index (χ1v) is 17.8. The van der Waals surface area contributed by atoms with Gasteiger partial charge in [0.2, 0.25) is 0 Å². The van der Waals surface area contributed by atoms with Crippen molar-refractivity contribution in [3.8, 4) is 0 Å². The molecule has 0 saturated heterocycles. The van der Waals surface area contributed by atoms with Gasteiger partial charge in [-0.3, -0.25) is 0 Å². The Hall–Kier alpha value is -0.800. The number of hydrogen-bond acceptors (Lipinski definition) is 7. The van der Waals surface area contributed by atoms with Gasteiger partial charge in [-0.15, -0.1) is 0 Å². The molecule has 2 unspecified atom stereocenters. The number of ether oxygens (including phenoxy) is 7. The van der Waals surface area contributed by atoms with E-state index in [2.05, 4.69) is 39.8 Å². The summed E-state index contributed by atoms with van der Waals surface area (Å²) in [5.41, 5.74) is 0. The van der Waals surface area contributed by atoms with Crippen LogP contribution < -0.4 is 0 Å². The third-order valence-electron chi connectivity index (χ3n) is 6.86. The predicted octanol–water partition coefficient (Wildman–Crippen LogP) is 9.88. The lowest BCUT2D eigenvalue weighted by Crippen LogP contribution is -2.24. The van der Waals surface area contributed by atoms with Gasteiger partial charge in [-0.25, -0.2) is 0 Å². The van der Waals surface area contributed by atoms with Gasteiger partial charge in [0, 0.05) is 52.5 Å². The first kappa shape index (κ1) is 42.2. The summed E-state index contributed by atoms with van der Waals surface area (Å²) >= 11 is 0. The second-order valence-electron chi connectivity index (χ2n) is 11.0. The van der Waals surface area contributed by atoms with Crippen LogP contribution in [-0.2, 0) is 33.2 Å². The number of allylic oxidation sites excluding steroid dienone is 2. The molecule has 0 aromatic heterocycles. The van der Waals surface area contributed by atoms with Crippen LogP contribution in [0.25, 0.3) is 0 Å². The second-order valence-corrected chi connectivity index (χ2v) is 11.0. The molecule has 0 saturated carbocycles. The summed E-state index contributed by atoms with van der Waals surface area (Å²) in [6.07, 6.45) is 23.9. The van der Waals surface area contributed by atoms with E-state index < -0.39 is 12.6 Å². The molecule has 0 amide bonds. The minimum absolute atomic E-state index is 0.168. The summed E-state index contributed by atoms with van der Waals surface area (Å²) in [7, 11) is 0. The predicted molar refractivity (Wildman–Crippen MR) is 178 cm³/mol. The van der Waals surface area contributed by atoms with E-state index in [0.29, 0.717) is 13.2 Å². The molecule has 0 N–H and O–H groups in total. The molecule has 0 aromatic rings. The Morgan fingerprint density at radius 1 is 0.419 bits per heavy atom. The summed E-state index contributed by atoms with van der Waals surface area (Å²) in [6, 6.07) is 0. The molecule has 7 nitrogen and oxygen atoms in total. The van der Waals surface area contributed by atoms with Crippen LogP contribution in [0.15, 0.2) is 24.3 Å². The van der Waals surface area contributed by atoms with Gasteiger partial charge in [0.15, 0.2) is 25.2 Å². The average Bonchev–Trinajstić information content (AvgIpc) is 3.01. The molecule has 0 aromatic carbocycles. The van der Waals surface area contributed by atoms with Gasteiger partial charge in [-0.1, -0.05) is 91.2 Å². The molecule has 43 heavy (non-hydrogen) atoms.